The molecule has 0 bridgehead atoms. The number of rotatable bonds is 8. The van der Waals surface area contributed by atoms with E-state index in [2.05, 4.69) is 20.0 Å². The molecule has 2 aromatic carbocycles. The second kappa shape index (κ2) is 9.52. The number of anilines is 2. The van der Waals surface area contributed by atoms with Gasteiger partial charge >= 0.3 is 0 Å². The summed E-state index contributed by atoms with van der Waals surface area (Å²) in [5.74, 6) is -0.238. The van der Waals surface area contributed by atoms with Crippen LogP contribution < -0.4 is 14.8 Å². The highest BCUT2D eigenvalue weighted by Crippen LogP contribution is 2.20. The first-order valence-corrected chi connectivity index (χ1v) is 12.3. The van der Waals surface area contributed by atoms with Crippen molar-refractivity contribution in [2.45, 2.75) is 9.79 Å². The third-order valence-corrected chi connectivity index (χ3v) is 7.61. The Balaban J connectivity index is 1.70. The Morgan fingerprint density at radius 3 is 2.09 bits per heavy atom. The standard InChI is InChI=1S/C20H21N5O6S2/c1-25(2)33(29,30)17-8-4-14(5-9-17)20(26)23-15-6-10-16(11-7-15)32(27,28)24-18-12-19(31-3)22-13-21-18/h4-13H,1-3H3,(H,23,26)(H,21,22,24). The van der Waals surface area contributed by atoms with E-state index in [1.54, 1.807) is 0 Å². The first kappa shape index (κ1) is 24.1. The number of amides is 1. The number of carbonyl (C=O) groups excluding carboxylic acids is 1. The molecule has 1 aromatic heterocycles. The Hall–Kier alpha value is -3.55. The minimum Gasteiger partial charge on any atom is -0.481 e. The maximum absolute atomic E-state index is 12.6. The molecule has 0 aliphatic rings. The molecule has 0 aliphatic heterocycles. The minimum absolute atomic E-state index is 0.0407. The van der Waals surface area contributed by atoms with Crippen LogP contribution in [0.1, 0.15) is 10.4 Å². The average Bonchev–Trinajstić information content (AvgIpc) is 2.79. The van der Waals surface area contributed by atoms with Crippen LogP contribution in [-0.4, -0.2) is 58.2 Å². The van der Waals surface area contributed by atoms with Gasteiger partial charge in [0.05, 0.1) is 16.9 Å². The largest absolute Gasteiger partial charge is 0.481 e. The predicted octanol–water partition coefficient (Wildman–Crippen LogP) is 1.79. The summed E-state index contributed by atoms with van der Waals surface area (Å²) in [6.45, 7) is 0. The number of nitrogens with one attached hydrogen (secondary N) is 2. The van der Waals surface area contributed by atoms with Crippen molar-refractivity contribution in [3.05, 3.63) is 66.5 Å². The summed E-state index contributed by atoms with van der Waals surface area (Å²) < 4.78 is 57.7. The van der Waals surface area contributed by atoms with E-state index in [1.165, 1.54) is 75.8 Å². The topological polar surface area (TPSA) is 148 Å². The molecular formula is C20H21N5O6S2. The van der Waals surface area contributed by atoms with Crippen molar-refractivity contribution in [3.8, 4) is 5.88 Å². The fraction of sp³-hybridized carbons (Fsp3) is 0.150. The highest BCUT2D eigenvalue weighted by molar-refractivity contribution is 7.92. The van der Waals surface area contributed by atoms with Crippen molar-refractivity contribution in [1.82, 2.24) is 14.3 Å². The summed E-state index contributed by atoms with van der Waals surface area (Å²) in [4.78, 5) is 20.1. The summed E-state index contributed by atoms with van der Waals surface area (Å²) in [7, 11) is -3.30. The predicted molar refractivity (Wildman–Crippen MR) is 121 cm³/mol. The number of benzene rings is 2. The van der Waals surface area contributed by atoms with Crippen LogP contribution in [0.4, 0.5) is 11.5 Å². The van der Waals surface area contributed by atoms with Crippen LogP contribution in [0.15, 0.2) is 70.7 Å². The quantitative estimate of drug-likeness (QED) is 0.485. The Labute approximate surface area is 191 Å². The molecule has 0 radical (unpaired) electrons. The number of sulfonamides is 2. The number of hydrogen-bond donors (Lipinski definition) is 2. The third-order valence-electron chi connectivity index (χ3n) is 4.41. The van der Waals surface area contributed by atoms with Crippen LogP contribution in [0, 0.1) is 0 Å². The van der Waals surface area contributed by atoms with E-state index in [9.17, 15) is 21.6 Å². The van der Waals surface area contributed by atoms with E-state index in [0.717, 1.165) is 10.6 Å². The van der Waals surface area contributed by atoms with E-state index in [4.69, 9.17) is 4.74 Å². The third kappa shape index (κ3) is 5.63. The number of aromatic nitrogens is 2. The number of carbonyl (C=O) groups is 1. The van der Waals surface area contributed by atoms with Gasteiger partial charge in [-0.15, -0.1) is 0 Å². The molecular weight excluding hydrogens is 470 g/mol. The second-order valence-corrected chi connectivity index (χ2v) is 10.7. The molecule has 2 N–H and O–H groups in total. The van der Waals surface area contributed by atoms with Crippen molar-refractivity contribution in [2.75, 3.05) is 31.2 Å². The van der Waals surface area contributed by atoms with Gasteiger partial charge < -0.3 is 10.1 Å². The summed E-state index contributed by atoms with van der Waals surface area (Å²) >= 11 is 0. The molecule has 0 aliphatic carbocycles. The van der Waals surface area contributed by atoms with Gasteiger partial charge in [0.25, 0.3) is 15.9 Å². The Bertz CT molecular complexity index is 1360. The summed E-state index contributed by atoms with van der Waals surface area (Å²) in [5.41, 5.74) is 0.594. The van der Waals surface area contributed by atoms with Crippen LogP contribution in [-0.2, 0) is 20.0 Å². The van der Waals surface area contributed by atoms with Gasteiger partial charge in [0.1, 0.15) is 12.1 Å². The molecule has 0 unspecified atom stereocenters. The number of nitrogens with zero attached hydrogens (tertiary/aromatic N) is 3. The minimum atomic E-state index is -3.93. The molecule has 0 saturated carbocycles. The van der Waals surface area contributed by atoms with Gasteiger partial charge in [-0.25, -0.2) is 31.1 Å². The first-order valence-electron chi connectivity index (χ1n) is 9.36. The Kier molecular flexibility index (Phi) is 6.95. The summed E-state index contributed by atoms with van der Waals surface area (Å²) in [5, 5.41) is 2.63. The monoisotopic (exact) mass is 491 g/mol. The fourth-order valence-electron chi connectivity index (χ4n) is 2.61. The van der Waals surface area contributed by atoms with E-state index in [1.807, 2.05) is 0 Å². The van der Waals surface area contributed by atoms with Gasteiger partial charge in [0.2, 0.25) is 15.9 Å². The maximum Gasteiger partial charge on any atom is 0.263 e. The van der Waals surface area contributed by atoms with E-state index in [-0.39, 0.29) is 27.1 Å². The number of methoxy groups -OCH3 is 1. The Morgan fingerprint density at radius 2 is 1.52 bits per heavy atom. The lowest BCUT2D eigenvalue weighted by Gasteiger charge is -2.12. The number of ether oxygens (including phenoxy) is 1. The molecule has 11 nitrogen and oxygen atoms in total. The average molecular weight is 492 g/mol. The molecule has 0 fully saturated rings. The lowest BCUT2D eigenvalue weighted by Crippen LogP contribution is -2.22. The zero-order valence-electron chi connectivity index (χ0n) is 17.9. The van der Waals surface area contributed by atoms with Gasteiger partial charge in [-0.2, -0.15) is 0 Å². The first-order chi connectivity index (χ1) is 15.5. The fourth-order valence-corrected chi connectivity index (χ4v) is 4.51. The molecule has 0 saturated heterocycles. The van der Waals surface area contributed by atoms with Crippen LogP contribution in [0.2, 0.25) is 0 Å². The molecule has 3 rings (SSSR count). The normalized spacial score (nSPS) is 11.8. The maximum atomic E-state index is 12.6. The molecule has 3 aromatic rings. The van der Waals surface area contributed by atoms with Crippen molar-refractivity contribution in [2.24, 2.45) is 0 Å². The highest BCUT2D eigenvalue weighted by Gasteiger charge is 2.18. The molecule has 0 spiro atoms. The van der Waals surface area contributed by atoms with E-state index >= 15 is 0 Å². The van der Waals surface area contributed by atoms with Gasteiger partial charge in [0.15, 0.2) is 0 Å². The highest BCUT2D eigenvalue weighted by atomic mass is 32.2. The zero-order chi connectivity index (χ0) is 24.2. The molecule has 1 heterocycles. The second-order valence-electron chi connectivity index (χ2n) is 6.84. The SMILES string of the molecule is COc1cc(NS(=O)(=O)c2ccc(NC(=O)c3ccc(S(=O)(=O)N(C)C)cc3)cc2)ncn1. The van der Waals surface area contributed by atoms with Crippen molar-refractivity contribution < 1.29 is 26.4 Å². The molecule has 1 amide bonds. The molecule has 13 heteroatoms. The smallest absolute Gasteiger partial charge is 0.263 e. The number of hydrogen-bond acceptors (Lipinski definition) is 8. The molecule has 174 valence electrons. The molecule has 0 atom stereocenters. The van der Waals surface area contributed by atoms with Gasteiger partial charge in [-0.3, -0.25) is 9.52 Å². The van der Waals surface area contributed by atoms with Gasteiger partial charge in [-0.05, 0) is 48.5 Å². The van der Waals surface area contributed by atoms with Crippen LogP contribution in [0.5, 0.6) is 5.88 Å². The van der Waals surface area contributed by atoms with Crippen molar-refractivity contribution >= 4 is 37.5 Å². The van der Waals surface area contributed by atoms with Crippen LogP contribution in [0.25, 0.3) is 0 Å². The van der Waals surface area contributed by atoms with E-state index in [0.29, 0.717) is 5.69 Å². The van der Waals surface area contributed by atoms with Crippen LogP contribution >= 0.6 is 0 Å². The summed E-state index contributed by atoms with van der Waals surface area (Å²) in [6.07, 6.45) is 1.16. The van der Waals surface area contributed by atoms with Gasteiger partial charge in [-0.1, -0.05) is 0 Å². The molecule has 33 heavy (non-hydrogen) atoms. The Morgan fingerprint density at radius 1 is 0.909 bits per heavy atom. The lowest BCUT2D eigenvalue weighted by atomic mass is 10.2. The van der Waals surface area contributed by atoms with Crippen molar-refractivity contribution in [1.29, 1.82) is 0 Å². The van der Waals surface area contributed by atoms with Crippen molar-refractivity contribution in [3.63, 3.8) is 0 Å². The lowest BCUT2D eigenvalue weighted by molar-refractivity contribution is 0.102. The van der Waals surface area contributed by atoms with E-state index < -0.39 is 26.0 Å². The van der Waals surface area contributed by atoms with Gasteiger partial charge in [0, 0.05) is 31.4 Å². The van der Waals surface area contributed by atoms with Crippen LogP contribution in [0.3, 0.4) is 0 Å². The zero-order valence-corrected chi connectivity index (χ0v) is 19.5. The summed E-state index contributed by atoms with van der Waals surface area (Å²) in [6, 6.07) is 12.3.